The van der Waals surface area contributed by atoms with Crippen molar-refractivity contribution < 1.29 is 9.13 Å². The first kappa shape index (κ1) is 17.2. The first-order valence-corrected chi connectivity index (χ1v) is 7.04. The Morgan fingerprint density at radius 3 is 2.65 bits per heavy atom. The third-order valence-electron chi connectivity index (χ3n) is 3.71. The highest BCUT2D eigenvalue weighted by molar-refractivity contribution is 5.85. The quantitative estimate of drug-likeness (QED) is 0.905. The zero-order chi connectivity index (χ0) is 13.7. The van der Waals surface area contributed by atoms with Gasteiger partial charge in [-0.2, -0.15) is 0 Å². The molecule has 0 bridgehead atoms. The highest BCUT2D eigenvalue weighted by atomic mass is 35.5. The number of nitrogens with zero attached hydrogens (tertiary/aromatic N) is 1. The number of halogens is 2. The van der Waals surface area contributed by atoms with Gasteiger partial charge in [0.25, 0.3) is 0 Å². The van der Waals surface area contributed by atoms with E-state index >= 15 is 0 Å². The third kappa shape index (κ3) is 4.08. The average molecular weight is 303 g/mol. The Balaban J connectivity index is 0.00000200. The van der Waals surface area contributed by atoms with Crippen LogP contribution in [0.25, 0.3) is 0 Å². The lowest BCUT2D eigenvalue weighted by Gasteiger charge is -2.35. The zero-order valence-electron chi connectivity index (χ0n) is 12.2. The van der Waals surface area contributed by atoms with E-state index < -0.39 is 0 Å². The van der Waals surface area contributed by atoms with Crippen LogP contribution in [0.3, 0.4) is 0 Å². The zero-order valence-corrected chi connectivity index (χ0v) is 13.0. The molecule has 1 atom stereocenters. The van der Waals surface area contributed by atoms with Gasteiger partial charge in [-0.05, 0) is 24.1 Å². The number of ether oxygens (including phenoxy) is 1. The number of nitrogens with one attached hydrogen (secondary N) is 1. The highest BCUT2D eigenvalue weighted by Gasteiger charge is 2.22. The minimum atomic E-state index is -0.290. The van der Waals surface area contributed by atoms with Crippen molar-refractivity contribution in [3.63, 3.8) is 0 Å². The Kier molecular flexibility index (Phi) is 7.27. The van der Waals surface area contributed by atoms with Crippen molar-refractivity contribution in [3.8, 4) is 5.75 Å². The molecule has 20 heavy (non-hydrogen) atoms. The lowest BCUT2D eigenvalue weighted by atomic mass is 9.99. The van der Waals surface area contributed by atoms with E-state index in [4.69, 9.17) is 4.74 Å². The van der Waals surface area contributed by atoms with Crippen molar-refractivity contribution in [2.24, 2.45) is 0 Å². The maximum Gasteiger partial charge on any atom is 0.165 e. The van der Waals surface area contributed by atoms with Crippen molar-refractivity contribution >= 4 is 12.4 Å². The van der Waals surface area contributed by atoms with Crippen LogP contribution >= 0.6 is 12.4 Å². The summed E-state index contributed by atoms with van der Waals surface area (Å²) in [6, 6.07) is 5.61. The largest absolute Gasteiger partial charge is 0.494 e. The second-order valence-corrected chi connectivity index (χ2v) is 4.98. The molecule has 3 nitrogen and oxygen atoms in total. The summed E-state index contributed by atoms with van der Waals surface area (Å²) < 4.78 is 18.6. The minimum Gasteiger partial charge on any atom is -0.494 e. The molecule has 0 radical (unpaired) electrons. The van der Waals surface area contributed by atoms with Gasteiger partial charge in [0.05, 0.1) is 7.11 Å². The van der Waals surface area contributed by atoms with E-state index in [9.17, 15) is 4.39 Å². The number of benzene rings is 1. The van der Waals surface area contributed by atoms with Crippen LogP contribution in [-0.2, 0) is 0 Å². The first-order chi connectivity index (χ1) is 9.26. The van der Waals surface area contributed by atoms with Crippen LogP contribution < -0.4 is 10.1 Å². The molecule has 0 saturated carbocycles. The van der Waals surface area contributed by atoms with E-state index in [2.05, 4.69) is 17.1 Å². The fourth-order valence-corrected chi connectivity index (χ4v) is 2.71. The first-order valence-electron chi connectivity index (χ1n) is 7.04. The number of piperazine rings is 1. The van der Waals surface area contributed by atoms with E-state index in [0.717, 1.165) is 44.6 Å². The molecule has 2 rings (SSSR count). The highest BCUT2D eigenvalue weighted by Crippen LogP contribution is 2.29. The summed E-state index contributed by atoms with van der Waals surface area (Å²) in [5, 5.41) is 3.37. The molecule has 0 spiro atoms. The van der Waals surface area contributed by atoms with Gasteiger partial charge in [-0.25, -0.2) is 4.39 Å². The fourth-order valence-electron chi connectivity index (χ4n) is 2.71. The van der Waals surface area contributed by atoms with Crippen molar-refractivity contribution in [1.82, 2.24) is 10.2 Å². The SMILES string of the molecule is CCC[C@@H](c1ccc(F)c(OC)c1)N1CCNCC1.Cl. The normalized spacial score (nSPS) is 17.4. The van der Waals surface area contributed by atoms with Gasteiger partial charge in [0.1, 0.15) is 0 Å². The van der Waals surface area contributed by atoms with E-state index in [-0.39, 0.29) is 18.2 Å². The lowest BCUT2D eigenvalue weighted by molar-refractivity contribution is 0.164. The Bertz CT molecular complexity index is 411. The van der Waals surface area contributed by atoms with Crippen LogP contribution in [0.4, 0.5) is 4.39 Å². The molecule has 0 amide bonds. The van der Waals surface area contributed by atoms with Crippen molar-refractivity contribution in [1.29, 1.82) is 0 Å². The predicted octanol–water partition coefficient (Wildman–Crippen LogP) is 3.00. The number of rotatable bonds is 5. The fraction of sp³-hybridized carbons (Fsp3) is 0.600. The van der Waals surface area contributed by atoms with Crippen molar-refractivity contribution in [2.45, 2.75) is 25.8 Å². The van der Waals surface area contributed by atoms with Crippen molar-refractivity contribution in [3.05, 3.63) is 29.6 Å². The van der Waals surface area contributed by atoms with E-state index in [1.54, 1.807) is 0 Å². The smallest absolute Gasteiger partial charge is 0.165 e. The molecule has 1 saturated heterocycles. The van der Waals surface area contributed by atoms with Gasteiger partial charge in [-0.3, -0.25) is 4.90 Å². The molecule has 0 unspecified atom stereocenters. The maximum absolute atomic E-state index is 13.5. The number of hydrogen-bond acceptors (Lipinski definition) is 3. The van der Waals surface area contributed by atoms with Crippen LogP contribution in [0, 0.1) is 5.82 Å². The minimum absolute atomic E-state index is 0. The third-order valence-corrected chi connectivity index (χ3v) is 3.71. The number of methoxy groups -OCH3 is 1. The molecule has 1 aliphatic heterocycles. The van der Waals surface area contributed by atoms with Gasteiger partial charge >= 0.3 is 0 Å². The Morgan fingerprint density at radius 1 is 1.35 bits per heavy atom. The van der Waals surface area contributed by atoms with Crippen LogP contribution in [0.2, 0.25) is 0 Å². The summed E-state index contributed by atoms with van der Waals surface area (Å²) in [4.78, 5) is 2.48. The van der Waals surface area contributed by atoms with Gasteiger partial charge < -0.3 is 10.1 Å². The molecule has 1 fully saturated rings. The standard InChI is InChI=1S/C15H23FN2O.ClH/c1-3-4-14(18-9-7-17-8-10-18)12-5-6-13(16)15(11-12)19-2;/h5-6,11,14,17H,3-4,7-10H2,1-2H3;1H/t14-;/m0./s1. The van der Waals surface area contributed by atoms with Crippen LogP contribution in [0.15, 0.2) is 18.2 Å². The monoisotopic (exact) mass is 302 g/mol. The molecular weight excluding hydrogens is 279 g/mol. The van der Waals surface area contributed by atoms with E-state index in [1.165, 1.54) is 13.2 Å². The molecule has 5 heteroatoms. The topological polar surface area (TPSA) is 24.5 Å². The lowest BCUT2D eigenvalue weighted by Crippen LogP contribution is -2.45. The van der Waals surface area contributed by atoms with Gasteiger partial charge in [-0.15, -0.1) is 12.4 Å². The molecule has 0 aliphatic carbocycles. The molecule has 1 aromatic carbocycles. The Morgan fingerprint density at radius 2 is 2.05 bits per heavy atom. The van der Waals surface area contributed by atoms with Gasteiger partial charge in [0.2, 0.25) is 0 Å². The molecule has 1 aromatic rings. The number of hydrogen-bond donors (Lipinski definition) is 1. The second kappa shape index (κ2) is 8.45. The summed E-state index contributed by atoms with van der Waals surface area (Å²) in [5.74, 6) is 0.0514. The Hall–Kier alpha value is -0.840. The summed E-state index contributed by atoms with van der Waals surface area (Å²) >= 11 is 0. The molecule has 1 heterocycles. The second-order valence-electron chi connectivity index (χ2n) is 4.98. The maximum atomic E-state index is 13.5. The summed E-state index contributed by atoms with van der Waals surface area (Å²) in [7, 11) is 1.52. The van der Waals surface area contributed by atoms with Crippen LogP contribution in [0.1, 0.15) is 31.4 Å². The van der Waals surface area contributed by atoms with Gasteiger partial charge in [0, 0.05) is 32.2 Å². The van der Waals surface area contributed by atoms with Crippen molar-refractivity contribution in [2.75, 3.05) is 33.3 Å². The molecular formula is C15H24ClFN2O. The van der Waals surface area contributed by atoms with Gasteiger partial charge in [-0.1, -0.05) is 19.4 Å². The summed E-state index contributed by atoms with van der Waals surface area (Å²) in [5.41, 5.74) is 1.15. The molecule has 1 aliphatic rings. The van der Waals surface area contributed by atoms with Gasteiger partial charge in [0.15, 0.2) is 11.6 Å². The summed E-state index contributed by atoms with van der Waals surface area (Å²) in [6.07, 6.45) is 2.21. The predicted molar refractivity (Wildman–Crippen MR) is 82.3 cm³/mol. The molecule has 0 aromatic heterocycles. The molecule has 1 N–H and O–H groups in total. The van der Waals surface area contributed by atoms with E-state index in [1.807, 2.05) is 12.1 Å². The average Bonchev–Trinajstić information content (AvgIpc) is 2.46. The van der Waals surface area contributed by atoms with E-state index in [0.29, 0.717) is 11.8 Å². The Labute approximate surface area is 126 Å². The van der Waals surface area contributed by atoms with Crippen LogP contribution in [0.5, 0.6) is 5.75 Å². The summed E-state index contributed by atoms with van der Waals surface area (Å²) in [6.45, 7) is 6.34. The molecule has 114 valence electrons. The van der Waals surface area contributed by atoms with Crippen LogP contribution in [-0.4, -0.2) is 38.2 Å².